The molecule has 0 radical (unpaired) electrons. The monoisotopic (exact) mass is 412 g/mol. The van der Waals surface area contributed by atoms with Crippen molar-refractivity contribution in [3.63, 3.8) is 0 Å². The van der Waals surface area contributed by atoms with Crippen LogP contribution in [0.4, 0.5) is 5.69 Å². The topological polar surface area (TPSA) is 93.7 Å². The molecule has 7 nitrogen and oxygen atoms in total. The van der Waals surface area contributed by atoms with Crippen LogP contribution in [0.1, 0.15) is 13.3 Å². The lowest BCUT2D eigenvalue weighted by atomic mass is 10.2. The van der Waals surface area contributed by atoms with Crippen LogP contribution in [-0.2, 0) is 14.8 Å². The van der Waals surface area contributed by atoms with Gasteiger partial charge in [0.25, 0.3) is 0 Å². The first-order chi connectivity index (χ1) is 12.9. The van der Waals surface area contributed by atoms with Crippen molar-refractivity contribution in [2.24, 2.45) is 0 Å². The number of anilines is 1. The van der Waals surface area contributed by atoms with E-state index in [2.05, 4.69) is 10.0 Å². The molecule has 0 aliphatic carbocycles. The number of sulfonamides is 1. The Morgan fingerprint density at radius 2 is 1.81 bits per heavy atom. The van der Waals surface area contributed by atoms with Crippen molar-refractivity contribution >= 4 is 33.2 Å². The van der Waals surface area contributed by atoms with E-state index in [-0.39, 0.29) is 23.8 Å². The van der Waals surface area contributed by atoms with Crippen molar-refractivity contribution in [1.82, 2.24) is 4.72 Å². The molecular formula is C18H21ClN2O5S. The van der Waals surface area contributed by atoms with E-state index >= 15 is 0 Å². The third-order valence-electron chi connectivity index (χ3n) is 3.52. The lowest BCUT2D eigenvalue weighted by molar-refractivity contribution is -0.116. The minimum atomic E-state index is -3.69. The Hall–Kier alpha value is -2.29. The Balaban J connectivity index is 1.90. The highest BCUT2D eigenvalue weighted by atomic mass is 35.5. The summed E-state index contributed by atoms with van der Waals surface area (Å²) in [5.41, 5.74) is 0.529. The molecule has 0 fully saturated rings. The van der Waals surface area contributed by atoms with Crippen molar-refractivity contribution in [1.29, 1.82) is 0 Å². The molecule has 9 heteroatoms. The second kappa shape index (κ2) is 9.59. The van der Waals surface area contributed by atoms with Gasteiger partial charge in [-0.25, -0.2) is 13.1 Å². The first-order valence-electron chi connectivity index (χ1n) is 8.21. The molecule has 0 saturated heterocycles. The summed E-state index contributed by atoms with van der Waals surface area (Å²) in [6, 6.07) is 10.8. The van der Waals surface area contributed by atoms with Crippen LogP contribution in [0, 0.1) is 0 Å². The fraction of sp³-hybridized carbons (Fsp3) is 0.278. The normalized spacial score (nSPS) is 11.1. The van der Waals surface area contributed by atoms with Gasteiger partial charge in [-0.3, -0.25) is 4.79 Å². The summed E-state index contributed by atoms with van der Waals surface area (Å²) in [6.45, 7) is 2.32. The van der Waals surface area contributed by atoms with E-state index in [0.717, 1.165) is 0 Å². The molecule has 0 saturated carbocycles. The number of hydrogen-bond donors (Lipinski definition) is 2. The zero-order valence-electron chi connectivity index (χ0n) is 15.0. The summed E-state index contributed by atoms with van der Waals surface area (Å²) in [6.07, 6.45) is -0.0254. The number of benzene rings is 2. The molecule has 0 spiro atoms. The van der Waals surface area contributed by atoms with Gasteiger partial charge in [0.15, 0.2) is 11.5 Å². The summed E-state index contributed by atoms with van der Waals surface area (Å²) in [5.74, 6) is 0.742. The third-order valence-corrected chi connectivity index (χ3v) is 5.24. The van der Waals surface area contributed by atoms with E-state index in [0.29, 0.717) is 28.8 Å². The first kappa shape index (κ1) is 21.0. The Morgan fingerprint density at radius 1 is 1.11 bits per heavy atom. The van der Waals surface area contributed by atoms with Crippen LogP contribution in [0.15, 0.2) is 47.4 Å². The predicted molar refractivity (Wildman–Crippen MR) is 104 cm³/mol. The van der Waals surface area contributed by atoms with Crippen molar-refractivity contribution in [2.45, 2.75) is 18.2 Å². The van der Waals surface area contributed by atoms with E-state index in [4.69, 9.17) is 21.1 Å². The molecule has 0 unspecified atom stereocenters. The van der Waals surface area contributed by atoms with E-state index in [9.17, 15) is 13.2 Å². The maximum Gasteiger partial charge on any atom is 0.240 e. The number of carbonyl (C=O) groups excluding carboxylic acids is 1. The quantitative estimate of drug-likeness (QED) is 0.660. The second-order valence-electron chi connectivity index (χ2n) is 5.45. The number of methoxy groups -OCH3 is 1. The second-order valence-corrected chi connectivity index (χ2v) is 7.65. The van der Waals surface area contributed by atoms with Crippen LogP contribution in [0.25, 0.3) is 0 Å². The highest BCUT2D eigenvalue weighted by Crippen LogP contribution is 2.30. The minimum absolute atomic E-state index is 0.0254. The van der Waals surface area contributed by atoms with E-state index in [1.807, 2.05) is 6.92 Å². The standard InChI is InChI=1S/C18H21ClN2O5S/c1-3-26-16-9-6-14(12-17(16)25-2)21-18(22)10-11-20-27(23,24)15-7-4-13(19)5-8-15/h4-9,12,20H,3,10-11H2,1-2H3,(H,21,22). The molecule has 0 aliphatic heterocycles. The maximum atomic E-state index is 12.1. The van der Waals surface area contributed by atoms with E-state index in [1.165, 1.54) is 31.4 Å². The lowest BCUT2D eigenvalue weighted by Crippen LogP contribution is -2.27. The number of rotatable bonds is 9. The fourth-order valence-corrected chi connectivity index (χ4v) is 3.40. The number of amides is 1. The van der Waals surface area contributed by atoms with Crippen LogP contribution in [0.5, 0.6) is 11.5 Å². The largest absolute Gasteiger partial charge is 0.493 e. The van der Waals surface area contributed by atoms with E-state index < -0.39 is 10.0 Å². The summed E-state index contributed by atoms with van der Waals surface area (Å²) in [7, 11) is -2.18. The number of carbonyl (C=O) groups is 1. The van der Waals surface area contributed by atoms with Gasteiger partial charge in [-0.1, -0.05) is 11.6 Å². The van der Waals surface area contributed by atoms with Gasteiger partial charge in [0.2, 0.25) is 15.9 Å². The average Bonchev–Trinajstić information content (AvgIpc) is 2.63. The molecule has 27 heavy (non-hydrogen) atoms. The zero-order chi connectivity index (χ0) is 19.9. The smallest absolute Gasteiger partial charge is 0.240 e. The van der Waals surface area contributed by atoms with Gasteiger partial charge >= 0.3 is 0 Å². The summed E-state index contributed by atoms with van der Waals surface area (Å²) in [5, 5.41) is 3.14. The van der Waals surface area contributed by atoms with Gasteiger partial charge in [0.05, 0.1) is 18.6 Å². The number of hydrogen-bond acceptors (Lipinski definition) is 5. The molecule has 0 atom stereocenters. The summed E-state index contributed by atoms with van der Waals surface area (Å²) >= 11 is 5.75. The molecule has 2 aromatic carbocycles. The molecule has 146 valence electrons. The van der Waals surface area contributed by atoms with Gasteiger partial charge in [-0.15, -0.1) is 0 Å². The van der Waals surface area contributed by atoms with E-state index in [1.54, 1.807) is 18.2 Å². The molecule has 0 aromatic heterocycles. The third kappa shape index (κ3) is 6.13. The lowest BCUT2D eigenvalue weighted by Gasteiger charge is -2.12. The van der Waals surface area contributed by atoms with Gasteiger partial charge < -0.3 is 14.8 Å². The van der Waals surface area contributed by atoms with Gasteiger partial charge in [0, 0.05) is 29.7 Å². The van der Waals surface area contributed by atoms with Crippen molar-refractivity contribution < 1.29 is 22.7 Å². The Bertz CT molecular complexity index is 885. The minimum Gasteiger partial charge on any atom is -0.493 e. The summed E-state index contributed by atoms with van der Waals surface area (Å²) in [4.78, 5) is 12.1. The van der Waals surface area contributed by atoms with Gasteiger partial charge in [-0.05, 0) is 43.3 Å². The zero-order valence-corrected chi connectivity index (χ0v) is 16.6. The first-order valence-corrected chi connectivity index (χ1v) is 10.1. The van der Waals surface area contributed by atoms with Crippen LogP contribution < -0.4 is 19.5 Å². The highest BCUT2D eigenvalue weighted by Gasteiger charge is 2.14. The van der Waals surface area contributed by atoms with Crippen LogP contribution in [0.2, 0.25) is 5.02 Å². The Kier molecular flexibility index (Phi) is 7.46. The molecule has 0 aliphatic rings. The van der Waals surface area contributed by atoms with Crippen molar-refractivity contribution in [2.75, 3.05) is 25.6 Å². The van der Waals surface area contributed by atoms with Crippen LogP contribution in [0.3, 0.4) is 0 Å². The fourth-order valence-electron chi connectivity index (χ4n) is 2.24. The van der Waals surface area contributed by atoms with Crippen molar-refractivity contribution in [3.05, 3.63) is 47.5 Å². The van der Waals surface area contributed by atoms with Gasteiger partial charge in [-0.2, -0.15) is 0 Å². The number of nitrogens with one attached hydrogen (secondary N) is 2. The van der Waals surface area contributed by atoms with Crippen molar-refractivity contribution in [3.8, 4) is 11.5 Å². The molecule has 2 N–H and O–H groups in total. The Labute approximate surface area is 163 Å². The predicted octanol–water partition coefficient (Wildman–Crippen LogP) is 3.05. The number of ether oxygens (including phenoxy) is 2. The maximum absolute atomic E-state index is 12.1. The molecular weight excluding hydrogens is 392 g/mol. The molecule has 2 aromatic rings. The molecule has 0 heterocycles. The Morgan fingerprint density at radius 3 is 2.44 bits per heavy atom. The molecule has 0 bridgehead atoms. The number of halogens is 1. The summed E-state index contributed by atoms with van der Waals surface area (Å²) < 4.78 is 37.3. The van der Waals surface area contributed by atoms with Crippen LogP contribution >= 0.6 is 11.6 Å². The SMILES string of the molecule is CCOc1ccc(NC(=O)CCNS(=O)(=O)c2ccc(Cl)cc2)cc1OC. The highest BCUT2D eigenvalue weighted by molar-refractivity contribution is 7.89. The van der Waals surface area contributed by atoms with Gasteiger partial charge in [0.1, 0.15) is 0 Å². The average molecular weight is 413 g/mol. The molecule has 1 amide bonds. The molecule has 2 rings (SSSR count). The van der Waals surface area contributed by atoms with Crippen LogP contribution in [-0.4, -0.2) is 34.6 Å².